The van der Waals surface area contributed by atoms with E-state index in [0.717, 1.165) is 41.0 Å². The third-order valence-electron chi connectivity index (χ3n) is 4.65. The Balaban J connectivity index is 1.89. The van der Waals surface area contributed by atoms with E-state index in [0.29, 0.717) is 13.2 Å². The van der Waals surface area contributed by atoms with Crippen LogP contribution in [-0.2, 0) is 16.1 Å². The first-order chi connectivity index (χ1) is 12.8. The van der Waals surface area contributed by atoms with Crippen LogP contribution in [0.2, 0.25) is 0 Å². The van der Waals surface area contributed by atoms with Gasteiger partial charge < -0.3 is 14.2 Å². The van der Waals surface area contributed by atoms with Gasteiger partial charge in [-0.05, 0) is 69.4 Å². The van der Waals surface area contributed by atoms with Crippen molar-refractivity contribution in [2.45, 2.75) is 47.1 Å². The average molecular weight is 370 g/mol. The normalized spacial score (nSPS) is 11.1. The molecule has 2 aromatic rings. The Kier molecular flexibility index (Phi) is 7.28. The van der Waals surface area contributed by atoms with Crippen molar-refractivity contribution in [2.24, 2.45) is 5.41 Å². The van der Waals surface area contributed by atoms with Crippen molar-refractivity contribution in [3.05, 3.63) is 59.2 Å². The largest absolute Gasteiger partial charge is 0.493 e. The number of hydrogen-bond donors (Lipinski definition) is 0. The molecule has 0 heterocycles. The second-order valence-electron chi connectivity index (χ2n) is 7.48. The van der Waals surface area contributed by atoms with Gasteiger partial charge >= 0.3 is 5.97 Å². The van der Waals surface area contributed by atoms with E-state index >= 15 is 0 Å². The number of carbonyl (C=O) groups is 1. The fraction of sp³-hybridized carbons (Fsp3) is 0.435. The number of rotatable bonds is 9. The molecule has 0 atom stereocenters. The molecule has 0 aliphatic carbocycles. The predicted octanol–water partition coefficient (Wildman–Crippen LogP) is 5.24. The first kappa shape index (κ1) is 20.8. The highest BCUT2D eigenvalue weighted by Gasteiger charge is 2.27. The maximum absolute atomic E-state index is 11.7. The van der Waals surface area contributed by atoms with Gasteiger partial charge in [-0.25, -0.2) is 0 Å². The fourth-order valence-corrected chi connectivity index (χ4v) is 2.88. The maximum Gasteiger partial charge on any atom is 0.311 e. The van der Waals surface area contributed by atoms with Gasteiger partial charge in [0, 0.05) is 0 Å². The third kappa shape index (κ3) is 6.02. The van der Waals surface area contributed by atoms with E-state index in [1.54, 1.807) is 0 Å². The molecule has 146 valence electrons. The molecule has 0 aliphatic heterocycles. The lowest BCUT2D eigenvalue weighted by Crippen LogP contribution is -2.26. The molecule has 0 saturated carbocycles. The second-order valence-corrected chi connectivity index (χ2v) is 7.48. The van der Waals surface area contributed by atoms with Crippen molar-refractivity contribution in [1.82, 2.24) is 0 Å². The first-order valence-electron chi connectivity index (χ1n) is 9.32. The summed E-state index contributed by atoms with van der Waals surface area (Å²) < 4.78 is 16.7. The van der Waals surface area contributed by atoms with E-state index in [2.05, 4.69) is 12.1 Å². The summed E-state index contributed by atoms with van der Waals surface area (Å²) in [7, 11) is 1.42. The van der Waals surface area contributed by atoms with Crippen LogP contribution < -0.4 is 9.47 Å². The molecule has 4 nitrogen and oxygen atoms in total. The Labute approximate surface area is 162 Å². The summed E-state index contributed by atoms with van der Waals surface area (Å²) in [6.45, 7) is 8.94. The van der Waals surface area contributed by atoms with Crippen LogP contribution in [0.4, 0.5) is 0 Å². The Morgan fingerprint density at radius 3 is 2.15 bits per heavy atom. The van der Waals surface area contributed by atoms with Crippen LogP contribution in [0, 0.1) is 19.3 Å². The predicted molar refractivity (Wildman–Crippen MR) is 107 cm³/mol. The van der Waals surface area contributed by atoms with Crippen LogP contribution >= 0.6 is 0 Å². The van der Waals surface area contributed by atoms with Gasteiger partial charge in [-0.3, -0.25) is 4.79 Å². The summed E-state index contributed by atoms with van der Waals surface area (Å²) in [6.07, 6.45) is 1.50. The van der Waals surface area contributed by atoms with Crippen molar-refractivity contribution in [3.8, 4) is 11.5 Å². The molecule has 0 aliphatic rings. The lowest BCUT2D eigenvalue weighted by Gasteiger charge is -2.21. The summed E-state index contributed by atoms with van der Waals surface area (Å²) in [4.78, 5) is 11.7. The van der Waals surface area contributed by atoms with E-state index in [4.69, 9.17) is 14.2 Å². The molecule has 2 aromatic carbocycles. The van der Waals surface area contributed by atoms with E-state index in [1.807, 2.05) is 58.0 Å². The van der Waals surface area contributed by atoms with Gasteiger partial charge in [-0.2, -0.15) is 0 Å². The van der Waals surface area contributed by atoms with E-state index in [9.17, 15) is 4.79 Å². The lowest BCUT2D eigenvalue weighted by molar-refractivity contribution is -0.151. The molecule has 0 saturated heterocycles. The topological polar surface area (TPSA) is 44.8 Å². The number of esters is 1. The SMILES string of the molecule is COC(=O)C(C)(C)CCCOc1cc(C)c(OCc2ccccc2)cc1C. The Hall–Kier alpha value is -2.49. The highest BCUT2D eigenvalue weighted by Crippen LogP contribution is 2.29. The molecular formula is C23H30O4. The van der Waals surface area contributed by atoms with Crippen LogP contribution in [0.15, 0.2) is 42.5 Å². The smallest absolute Gasteiger partial charge is 0.311 e. The molecule has 0 bridgehead atoms. The third-order valence-corrected chi connectivity index (χ3v) is 4.65. The molecule has 0 aromatic heterocycles. The minimum absolute atomic E-state index is 0.186. The van der Waals surface area contributed by atoms with Crippen LogP contribution in [-0.4, -0.2) is 19.7 Å². The number of hydrogen-bond acceptors (Lipinski definition) is 4. The van der Waals surface area contributed by atoms with E-state index in [1.165, 1.54) is 7.11 Å². The Morgan fingerprint density at radius 2 is 1.56 bits per heavy atom. The molecule has 0 radical (unpaired) electrons. The van der Waals surface area contributed by atoms with Crippen molar-refractivity contribution in [3.63, 3.8) is 0 Å². The molecule has 0 N–H and O–H groups in total. The van der Waals surface area contributed by atoms with Gasteiger partial charge in [0.2, 0.25) is 0 Å². The number of benzene rings is 2. The van der Waals surface area contributed by atoms with Gasteiger partial charge in [-0.1, -0.05) is 30.3 Å². The van der Waals surface area contributed by atoms with Crippen molar-refractivity contribution >= 4 is 5.97 Å². The Bertz CT molecular complexity index is 750. The van der Waals surface area contributed by atoms with E-state index in [-0.39, 0.29) is 5.97 Å². The highest BCUT2D eigenvalue weighted by molar-refractivity contribution is 5.75. The standard InChI is InChI=1S/C23H30O4/c1-17-15-21(27-16-19-10-7-6-8-11-19)18(2)14-20(17)26-13-9-12-23(3,4)22(24)25-5/h6-8,10-11,14-15H,9,12-13,16H2,1-5H3. The zero-order chi connectivity index (χ0) is 19.9. The number of aryl methyl sites for hydroxylation is 2. The number of ether oxygens (including phenoxy) is 3. The zero-order valence-corrected chi connectivity index (χ0v) is 17.0. The summed E-state index contributed by atoms with van der Waals surface area (Å²) in [5, 5.41) is 0. The summed E-state index contributed by atoms with van der Waals surface area (Å²) >= 11 is 0. The molecule has 0 amide bonds. The number of methoxy groups -OCH3 is 1. The maximum atomic E-state index is 11.7. The van der Waals surface area contributed by atoms with Crippen molar-refractivity contribution in [2.75, 3.05) is 13.7 Å². The molecule has 2 rings (SSSR count). The molecule has 4 heteroatoms. The highest BCUT2D eigenvalue weighted by atomic mass is 16.5. The minimum Gasteiger partial charge on any atom is -0.493 e. The summed E-state index contributed by atoms with van der Waals surface area (Å²) in [5.74, 6) is 1.54. The van der Waals surface area contributed by atoms with Crippen molar-refractivity contribution < 1.29 is 19.0 Å². The van der Waals surface area contributed by atoms with Crippen LogP contribution in [0.1, 0.15) is 43.4 Å². The van der Waals surface area contributed by atoms with Crippen LogP contribution in [0.25, 0.3) is 0 Å². The summed E-state index contributed by atoms with van der Waals surface area (Å²) in [5.41, 5.74) is 2.73. The Morgan fingerprint density at radius 1 is 0.963 bits per heavy atom. The molecular weight excluding hydrogens is 340 g/mol. The van der Waals surface area contributed by atoms with E-state index < -0.39 is 5.41 Å². The first-order valence-corrected chi connectivity index (χ1v) is 9.32. The minimum atomic E-state index is -0.488. The van der Waals surface area contributed by atoms with Gasteiger partial charge in [-0.15, -0.1) is 0 Å². The quantitative estimate of drug-likeness (QED) is 0.447. The molecule has 0 fully saturated rings. The van der Waals surface area contributed by atoms with Crippen molar-refractivity contribution in [1.29, 1.82) is 0 Å². The van der Waals surface area contributed by atoms with Gasteiger partial charge in [0.1, 0.15) is 18.1 Å². The van der Waals surface area contributed by atoms with Crippen LogP contribution in [0.5, 0.6) is 11.5 Å². The second kappa shape index (κ2) is 9.45. The number of carbonyl (C=O) groups excluding carboxylic acids is 1. The van der Waals surface area contributed by atoms with Gasteiger partial charge in [0.15, 0.2) is 0 Å². The summed E-state index contributed by atoms with van der Waals surface area (Å²) in [6, 6.07) is 14.2. The average Bonchev–Trinajstić information content (AvgIpc) is 2.66. The molecule has 0 spiro atoms. The lowest BCUT2D eigenvalue weighted by atomic mass is 9.88. The fourth-order valence-electron chi connectivity index (χ4n) is 2.88. The zero-order valence-electron chi connectivity index (χ0n) is 17.0. The van der Waals surface area contributed by atoms with Gasteiger partial charge in [0.05, 0.1) is 19.1 Å². The molecule has 27 heavy (non-hydrogen) atoms. The molecule has 0 unspecified atom stereocenters. The van der Waals surface area contributed by atoms with Crippen LogP contribution in [0.3, 0.4) is 0 Å². The monoisotopic (exact) mass is 370 g/mol. The van der Waals surface area contributed by atoms with Gasteiger partial charge in [0.25, 0.3) is 0 Å².